The quantitative estimate of drug-likeness (QED) is 0.930. The van der Waals surface area contributed by atoms with Crippen LogP contribution in [-0.4, -0.2) is 19.8 Å². The van der Waals surface area contributed by atoms with E-state index in [2.05, 4.69) is 0 Å². The first-order valence-electron chi connectivity index (χ1n) is 6.65. The van der Waals surface area contributed by atoms with E-state index >= 15 is 0 Å². The smallest absolute Gasteiger partial charge is 0.131 e. The Labute approximate surface area is 133 Å². The molecule has 110 valence electrons. The van der Waals surface area contributed by atoms with E-state index in [1.165, 1.54) is 0 Å². The van der Waals surface area contributed by atoms with Gasteiger partial charge in [0.25, 0.3) is 0 Å². The molecule has 0 spiro atoms. The molecule has 0 aromatic heterocycles. The summed E-state index contributed by atoms with van der Waals surface area (Å²) in [5.74, 6) is 1.54. The highest BCUT2D eigenvalue weighted by atomic mass is 35.5. The summed E-state index contributed by atoms with van der Waals surface area (Å²) in [5.41, 5.74) is 8.53. The van der Waals surface area contributed by atoms with Gasteiger partial charge in [0.2, 0.25) is 0 Å². The summed E-state index contributed by atoms with van der Waals surface area (Å²) >= 11 is 12.4. The van der Waals surface area contributed by atoms with Crippen LogP contribution in [0.1, 0.15) is 5.56 Å². The lowest BCUT2D eigenvalue weighted by Crippen LogP contribution is -2.24. The Bertz CT molecular complexity index is 688. The van der Waals surface area contributed by atoms with Crippen LogP contribution in [0.15, 0.2) is 30.3 Å². The monoisotopic (exact) mass is 323 g/mol. The molecular weight excluding hydrogens is 309 g/mol. The molecular formula is C16H15Cl2NO2. The molecule has 1 heterocycles. The van der Waals surface area contributed by atoms with Gasteiger partial charge in [-0.1, -0.05) is 23.2 Å². The van der Waals surface area contributed by atoms with Crippen molar-refractivity contribution in [2.75, 3.05) is 13.7 Å². The number of nitrogens with two attached hydrogens (primary N) is 1. The zero-order chi connectivity index (χ0) is 15.0. The summed E-state index contributed by atoms with van der Waals surface area (Å²) in [6.07, 6.45) is 0.754. The number of halogens is 2. The summed E-state index contributed by atoms with van der Waals surface area (Å²) in [5, 5.41) is 1.29. The van der Waals surface area contributed by atoms with Gasteiger partial charge >= 0.3 is 0 Å². The topological polar surface area (TPSA) is 44.5 Å². The predicted octanol–water partition coefficient (Wildman–Crippen LogP) is 3.93. The Morgan fingerprint density at radius 1 is 1.19 bits per heavy atom. The number of ether oxygens (including phenoxy) is 2. The van der Waals surface area contributed by atoms with Gasteiger partial charge in [0.15, 0.2) is 0 Å². The first kappa shape index (κ1) is 14.5. The molecule has 0 saturated heterocycles. The molecule has 21 heavy (non-hydrogen) atoms. The van der Waals surface area contributed by atoms with Gasteiger partial charge in [-0.3, -0.25) is 0 Å². The van der Waals surface area contributed by atoms with Gasteiger partial charge in [0, 0.05) is 34.1 Å². The molecule has 1 aliphatic heterocycles. The van der Waals surface area contributed by atoms with Gasteiger partial charge < -0.3 is 15.2 Å². The van der Waals surface area contributed by atoms with E-state index in [0.717, 1.165) is 34.6 Å². The van der Waals surface area contributed by atoms with E-state index in [1.54, 1.807) is 13.2 Å². The van der Waals surface area contributed by atoms with Crippen LogP contribution in [0.25, 0.3) is 11.1 Å². The van der Waals surface area contributed by atoms with Crippen LogP contribution < -0.4 is 15.2 Å². The maximum Gasteiger partial charge on any atom is 0.131 e. The van der Waals surface area contributed by atoms with Crippen LogP contribution in [0.5, 0.6) is 11.5 Å². The number of methoxy groups -OCH3 is 1. The predicted molar refractivity (Wildman–Crippen MR) is 85.6 cm³/mol. The molecule has 2 aromatic carbocycles. The molecule has 5 heteroatoms. The van der Waals surface area contributed by atoms with Crippen molar-refractivity contribution in [3.05, 3.63) is 45.9 Å². The van der Waals surface area contributed by atoms with Crippen LogP contribution >= 0.6 is 23.2 Å². The van der Waals surface area contributed by atoms with Crippen LogP contribution in [0.3, 0.4) is 0 Å². The van der Waals surface area contributed by atoms with Crippen molar-refractivity contribution in [1.82, 2.24) is 0 Å². The highest BCUT2D eigenvalue weighted by molar-refractivity contribution is 6.31. The van der Waals surface area contributed by atoms with Gasteiger partial charge in [-0.05, 0) is 35.9 Å². The summed E-state index contributed by atoms with van der Waals surface area (Å²) in [4.78, 5) is 0. The molecule has 2 aromatic rings. The third-order valence-electron chi connectivity index (χ3n) is 3.58. The molecule has 0 saturated carbocycles. The minimum Gasteiger partial charge on any atom is -0.496 e. The highest BCUT2D eigenvalue weighted by Gasteiger charge is 2.26. The van der Waals surface area contributed by atoms with Crippen LogP contribution in [0, 0.1) is 0 Å². The van der Waals surface area contributed by atoms with Crippen molar-refractivity contribution in [3.8, 4) is 22.6 Å². The Morgan fingerprint density at radius 3 is 2.67 bits per heavy atom. The molecule has 0 fully saturated rings. The van der Waals surface area contributed by atoms with Crippen molar-refractivity contribution in [1.29, 1.82) is 0 Å². The van der Waals surface area contributed by atoms with Crippen molar-refractivity contribution in [3.63, 3.8) is 0 Å². The van der Waals surface area contributed by atoms with Gasteiger partial charge in [0.05, 0.1) is 7.11 Å². The maximum absolute atomic E-state index is 6.24. The minimum absolute atomic E-state index is 0.0117. The maximum atomic E-state index is 6.24. The van der Waals surface area contributed by atoms with E-state index in [-0.39, 0.29) is 6.10 Å². The van der Waals surface area contributed by atoms with Crippen molar-refractivity contribution >= 4 is 23.2 Å². The number of hydrogen-bond donors (Lipinski definition) is 1. The zero-order valence-electron chi connectivity index (χ0n) is 11.5. The van der Waals surface area contributed by atoms with Gasteiger partial charge in [-0.25, -0.2) is 0 Å². The lowest BCUT2D eigenvalue weighted by molar-refractivity contribution is 0.242. The average Bonchev–Trinajstić information content (AvgIpc) is 2.89. The van der Waals surface area contributed by atoms with Crippen LogP contribution in [0.2, 0.25) is 10.0 Å². The number of fused-ring (bicyclic) bond motifs is 1. The van der Waals surface area contributed by atoms with Crippen molar-refractivity contribution < 1.29 is 9.47 Å². The third-order valence-corrected chi connectivity index (χ3v) is 4.03. The van der Waals surface area contributed by atoms with E-state index in [0.29, 0.717) is 16.6 Å². The highest BCUT2D eigenvalue weighted by Crippen LogP contribution is 2.44. The second-order valence-electron chi connectivity index (χ2n) is 4.97. The Hall–Kier alpha value is -1.42. The molecule has 1 aliphatic rings. The van der Waals surface area contributed by atoms with E-state index < -0.39 is 0 Å². The van der Waals surface area contributed by atoms with Crippen LogP contribution in [0.4, 0.5) is 0 Å². The molecule has 1 atom stereocenters. The van der Waals surface area contributed by atoms with Gasteiger partial charge in [-0.2, -0.15) is 0 Å². The number of hydrogen-bond acceptors (Lipinski definition) is 3. The van der Waals surface area contributed by atoms with E-state index in [9.17, 15) is 0 Å². The van der Waals surface area contributed by atoms with Crippen molar-refractivity contribution in [2.24, 2.45) is 5.73 Å². The first-order valence-corrected chi connectivity index (χ1v) is 7.41. The zero-order valence-corrected chi connectivity index (χ0v) is 13.0. The Morgan fingerprint density at radius 2 is 1.95 bits per heavy atom. The standard InChI is InChI=1S/C16H15Cl2NO2/c1-20-15-3-2-10(17)6-13(15)14-7-11(18)4-9-5-12(8-19)21-16(9)14/h2-4,6-7,12H,5,8,19H2,1H3. The minimum atomic E-state index is -0.0117. The molecule has 0 bridgehead atoms. The number of benzene rings is 2. The lowest BCUT2D eigenvalue weighted by Gasteiger charge is -2.14. The largest absolute Gasteiger partial charge is 0.496 e. The Kier molecular flexibility index (Phi) is 3.98. The third kappa shape index (κ3) is 2.69. The fourth-order valence-electron chi connectivity index (χ4n) is 2.62. The molecule has 0 aliphatic carbocycles. The molecule has 3 nitrogen and oxygen atoms in total. The fraction of sp³-hybridized carbons (Fsp3) is 0.250. The molecule has 0 amide bonds. The van der Waals surface area contributed by atoms with E-state index in [1.807, 2.05) is 24.3 Å². The normalized spacial score (nSPS) is 16.5. The van der Waals surface area contributed by atoms with Gasteiger partial charge in [0.1, 0.15) is 17.6 Å². The Balaban J connectivity index is 2.18. The summed E-state index contributed by atoms with van der Waals surface area (Å²) in [7, 11) is 1.63. The first-order chi connectivity index (χ1) is 10.1. The number of rotatable bonds is 3. The summed E-state index contributed by atoms with van der Waals surface area (Å²) in [6.45, 7) is 0.471. The molecule has 3 rings (SSSR count). The average molecular weight is 324 g/mol. The van der Waals surface area contributed by atoms with Crippen molar-refractivity contribution in [2.45, 2.75) is 12.5 Å². The fourth-order valence-corrected chi connectivity index (χ4v) is 3.03. The molecule has 2 N–H and O–H groups in total. The second-order valence-corrected chi connectivity index (χ2v) is 5.84. The molecule has 1 unspecified atom stereocenters. The lowest BCUT2D eigenvalue weighted by atomic mass is 9.99. The van der Waals surface area contributed by atoms with E-state index in [4.69, 9.17) is 38.4 Å². The van der Waals surface area contributed by atoms with Gasteiger partial charge in [-0.15, -0.1) is 0 Å². The summed E-state index contributed by atoms with van der Waals surface area (Å²) < 4.78 is 11.4. The molecule has 0 radical (unpaired) electrons. The second kappa shape index (κ2) is 5.76. The SMILES string of the molecule is COc1ccc(Cl)cc1-c1cc(Cl)cc2c1OC(CN)C2. The van der Waals surface area contributed by atoms with Crippen LogP contribution in [-0.2, 0) is 6.42 Å². The summed E-state index contributed by atoms with van der Waals surface area (Å²) in [6, 6.07) is 9.27.